The maximum Gasteiger partial charge on any atom is 0.261 e. The number of amides is 1. The van der Waals surface area contributed by atoms with Gasteiger partial charge in [-0.25, -0.2) is 4.39 Å². The van der Waals surface area contributed by atoms with Gasteiger partial charge in [-0.1, -0.05) is 59.8 Å². The van der Waals surface area contributed by atoms with Gasteiger partial charge >= 0.3 is 0 Å². The lowest BCUT2D eigenvalue weighted by Crippen LogP contribution is -2.27. The van der Waals surface area contributed by atoms with Gasteiger partial charge in [0.05, 0.1) is 5.56 Å². The van der Waals surface area contributed by atoms with Crippen LogP contribution in [0.1, 0.15) is 16.7 Å². The van der Waals surface area contributed by atoms with Gasteiger partial charge in [-0.05, 0) is 35.4 Å². The number of carbonyl (C=O) groups is 1. The third-order valence-electron chi connectivity index (χ3n) is 4.16. The zero-order valence-corrected chi connectivity index (χ0v) is 16.3. The Balaban J connectivity index is 1.51. The zero-order chi connectivity index (χ0) is 21.2. The summed E-state index contributed by atoms with van der Waals surface area (Å²) in [6, 6.07) is 22.8. The van der Waals surface area contributed by atoms with Gasteiger partial charge < -0.3 is 20.6 Å². The summed E-state index contributed by atoms with van der Waals surface area (Å²) in [5.74, 6) is -0.0345. The molecule has 0 unspecified atom stereocenters. The van der Waals surface area contributed by atoms with Crippen molar-refractivity contribution < 1.29 is 18.8 Å². The van der Waals surface area contributed by atoms with Crippen LogP contribution in [-0.2, 0) is 22.8 Å². The van der Waals surface area contributed by atoms with Crippen molar-refractivity contribution in [3.63, 3.8) is 0 Å². The van der Waals surface area contributed by atoms with Crippen LogP contribution in [0.5, 0.6) is 5.75 Å². The van der Waals surface area contributed by atoms with Crippen LogP contribution < -0.4 is 15.8 Å². The smallest absolute Gasteiger partial charge is 0.261 e. The van der Waals surface area contributed by atoms with E-state index >= 15 is 0 Å². The number of nitrogens with zero attached hydrogens (tertiary/aromatic N) is 1. The van der Waals surface area contributed by atoms with Crippen molar-refractivity contribution in [2.45, 2.75) is 13.2 Å². The molecule has 0 aliphatic rings. The highest BCUT2D eigenvalue weighted by Gasteiger charge is 2.09. The molecule has 0 aliphatic carbocycles. The molecule has 30 heavy (non-hydrogen) atoms. The van der Waals surface area contributed by atoms with Crippen LogP contribution in [0.25, 0.3) is 0 Å². The Bertz CT molecular complexity index is 992. The Hall–Kier alpha value is -3.87. The Morgan fingerprint density at radius 2 is 1.63 bits per heavy atom. The van der Waals surface area contributed by atoms with Gasteiger partial charge in [0, 0.05) is 6.54 Å². The molecule has 3 rings (SSSR count). The van der Waals surface area contributed by atoms with Crippen LogP contribution in [0.15, 0.2) is 84.0 Å². The Kier molecular flexibility index (Phi) is 7.38. The predicted octanol–water partition coefficient (Wildman–Crippen LogP) is 3.36. The molecule has 0 radical (unpaired) electrons. The number of rotatable bonds is 9. The van der Waals surface area contributed by atoms with E-state index < -0.39 is 0 Å². The Morgan fingerprint density at radius 3 is 2.40 bits per heavy atom. The molecule has 7 heteroatoms. The van der Waals surface area contributed by atoms with Crippen molar-refractivity contribution in [2.24, 2.45) is 10.9 Å². The average molecular weight is 407 g/mol. The fourth-order valence-electron chi connectivity index (χ4n) is 2.60. The lowest BCUT2D eigenvalue weighted by molar-refractivity contribution is -0.125. The maximum atomic E-state index is 12.9. The number of halogens is 1. The first-order chi connectivity index (χ1) is 14.6. The first-order valence-corrected chi connectivity index (χ1v) is 9.34. The molecular weight excluding hydrogens is 385 g/mol. The molecule has 0 fully saturated rings. The largest absolute Gasteiger partial charge is 0.488 e. The second kappa shape index (κ2) is 10.6. The minimum Gasteiger partial charge on any atom is -0.488 e. The summed E-state index contributed by atoms with van der Waals surface area (Å²) < 4.78 is 18.7. The first-order valence-electron chi connectivity index (χ1n) is 9.34. The summed E-state index contributed by atoms with van der Waals surface area (Å²) in [4.78, 5) is 17.0. The van der Waals surface area contributed by atoms with E-state index in [1.54, 1.807) is 24.3 Å². The van der Waals surface area contributed by atoms with Crippen molar-refractivity contribution in [1.29, 1.82) is 0 Å². The highest BCUT2D eigenvalue weighted by Crippen LogP contribution is 2.19. The van der Waals surface area contributed by atoms with Gasteiger partial charge in [-0.3, -0.25) is 4.79 Å². The third kappa shape index (κ3) is 6.34. The predicted molar refractivity (Wildman–Crippen MR) is 112 cm³/mol. The van der Waals surface area contributed by atoms with Crippen LogP contribution in [-0.4, -0.2) is 18.3 Å². The molecule has 0 atom stereocenters. The number of carbonyl (C=O) groups excluding carboxylic acids is 1. The normalized spacial score (nSPS) is 11.0. The molecule has 0 aliphatic heterocycles. The van der Waals surface area contributed by atoms with E-state index in [4.69, 9.17) is 15.3 Å². The number of para-hydroxylation sites is 1. The summed E-state index contributed by atoms with van der Waals surface area (Å²) in [6.07, 6.45) is 0. The molecule has 3 aromatic carbocycles. The number of hydrogen-bond acceptors (Lipinski definition) is 4. The lowest BCUT2D eigenvalue weighted by atomic mass is 10.2. The lowest BCUT2D eigenvalue weighted by Gasteiger charge is -2.11. The molecule has 0 heterocycles. The van der Waals surface area contributed by atoms with E-state index in [2.05, 4.69) is 10.5 Å². The van der Waals surface area contributed by atoms with Gasteiger partial charge in [-0.15, -0.1) is 0 Å². The highest BCUT2D eigenvalue weighted by molar-refractivity contribution is 5.99. The van der Waals surface area contributed by atoms with E-state index in [9.17, 15) is 9.18 Å². The SMILES string of the molecule is N/C(=N\OCC(=O)NCc1ccc(F)cc1)c1ccccc1OCc1ccccc1. The first kappa shape index (κ1) is 20.9. The highest BCUT2D eigenvalue weighted by atomic mass is 19.1. The van der Waals surface area contributed by atoms with Gasteiger partial charge in [0.15, 0.2) is 12.4 Å². The molecule has 0 saturated heterocycles. The molecule has 3 N–H and O–H groups in total. The molecule has 0 bridgehead atoms. The number of nitrogens with two attached hydrogens (primary N) is 1. The number of oxime groups is 1. The second-order valence-corrected chi connectivity index (χ2v) is 6.42. The van der Waals surface area contributed by atoms with Crippen molar-refractivity contribution in [2.75, 3.05) is 6.61 Å². The molecular formula is C23H22FN3O3. The Morgan fingerprint density at radius 1 is 0.933 bits per heavy atom. The van der Waals surface area contributed by atoms with Gasteiger partial charge in [0.2, 0.25) is 0 Å². The van der Waals surface area contributed by atoms with Crippen molar-refractivity contribution >= 4 is 11.7 Å². The topological polar surface area (TPSA) is 85.9 Å². The Labute approximate surface area is 174 Å². The van der Waals surface area contributed by atoms with E-state index in [-0.39, 0.29) is 30.7 Å². The summed E-state index contributed by atoms with van der Waals surface area (Å²) >= 11 is 0. The van der Waals surface area contributed by atoms with Crippen LogP contribution in [0.3, 0.4) is 0 Å². The van der Waals surface area contributed by atoms with Gasteiger partial charge in [0.25, 0.3) is 5.91 Å². The minimum atomic E-state index is -0.371. The minimum absolute atomic E-state index is 0.102. The van der Waals surface area contributed by atoms with Gasteiger partial charge in [-0.2, -0.15) is 0 Å². The van der Waals surface area contributed by atoms with Gasteiger partial charge in [0.1, 0.15) is 18.2 Å². The van der Waals surface area contributed by atoms with E-state index in [1.807, 2.05) is 42.5 Å². The summed E-state index contributed by atoms with van der Waals surface area (Å²) in [6.45, 7) is 0.352. The molecule has 3 aromatic rings. The fraction of sp³-hybridized carbons (Fsp3) is 0.130. The van der Waals surface area contributed by atoms with E-state index in [0.717, 1.165) is 11.1 Å². The van der Waals surface area contributed by atoms with Crippen LogP contribution in [0.4, 0.5) is 4.39 Å². The molecule has 0 aromatic heterocycles. The van der Waals surface area contributed by atoms with Crippen molar-refractivity contribution in [1.82, 2.24) is 5.32 Å². The van der Waals surface area contributed by atoms with Crippen LogP contribution in [0, 0.1) is 5.82 Å². The standard InChI is InChI=1S/C23H22FN3O3/c24-19-12-10-17(11-13-19)14-26-22(28)16-30-27-23(25)20-8-4-5-9-21(20)29-15-18-6-2-1-3-7-18/h1-13H,14-16H2,(H2,25,27)(H,26,28). The molecule has 0 saturated carbocycles. The van der Waals surface area contributed by atoms with Crippen molar-refractivity contribution in [3.8, 4) is 5.75 Å². The molecule has 154 valence electrons. The van der Waals surface area contributed by atoms with Crippen LogP contribution in [0.2, 0.25) is 0 Å². The number of nitrogens with one attached hydrogen (secondary N) is 1. The number of amidine groups is 1. The number of hydrogen-bond donors (Lipinski definition) is 2. The third-order valence-corrected chi connectivity index (χ3v) is 4.16. The average Bonchev–Trinajstić information content (AvgIpc) is 2.78. The quantitative estimate of drug-likeness (QED) is 0.324. The van der Waals surface area contributed by atoms with Crippen LogP contribution >= 0.6 is 0 Å². The summed E-state index contributed by atoms with van der Waals surface area (Å²) in [5.41, 5.74) is 8.38. The summed E-state index contributed by atoms with van der Waals surface area (Å²) in [5, 5.41) is 6.48. The number of benzene rings is 3. The van der Waals surface area contributed by atoms with Crippen molar-refractivity contribution in [3.05, 3.63) is 101 Å². The summed E-state index contributed by atoms with van der Waals surface area (Å²) in [7, 11) is 0. The maximum absolute atomic E-state index is 12.9. The van der Waals surface area contributed by atoms with E-state index in [1.165, 1.54) is 12.1 Å². The fourth-order valence-corrected chi connectivity index (χ4v) is 2.60. The molecule has 6 nitrogen and oxygen atoms in total. The second-order valence-electron chi connectivity index (χ2n) is 6.42. The molecule has 0 spiro atoms. The zero-order valence-electron chi connectivity index (χ0n) is 16.3. The van der Waals surface area contributed by atoms with E-state index in [0.29, 0.717) is 17.9 Å². The molecule has 1 amide bonds. The number of ether oxygens (including phenoxy) is 1. The monoisotopic (exact) mass is 407 g/mol.